The third kappa shape index (κ3) is 5.39. The van der Waals surface area contributed by atoms with E-state index in [4.69, 9.17) is 4.74 Å². The maximum Gasteiger partial charge on any atom is 0.336 e. The number of carbonyl (C=O) groups excluding carboxylic acids is 2. The fourth-order valence-corrected chi connectivity index (χ4v) is 2.56. The van der Waals surface area contributed by atoms with Crippen molar-refractivity contribution in [2.75, 3.05) is 0 Å². The molecule has 28 heavy (non-hydrogen) atoms. The van der Waals surface area contributed by atoms with Crippen molar-refractivity contribution in [2.45, 2.75) is 6.92 Å². The van der Waals surface area contributed by atoms with Gasteiger partial charge in [-0.1, -0.05) is 78.4 Å². The lowest BCUT2D eigenvalue weighted by Gasteiger charge is -2.05. The number of hydrogen-bond acceptors (Lipinski definition) is 3. The van der Waals surface area contributed by atoms with Gasteiger partial charge in [0.2, 0.25) is 0 Å². The van der Waals surface area contributed by atoms with Crippen molar-refractivity contribution < 1.29 is 14.3 Å². The number of rotatable bonds is 6. The standard InChI is InChI=1S/C25H20O3/c1-19-11-14-21(15-12-19)23(26)17-16-22-9-5-6-10-24(22)28-25(27)18-13-20-7-3-2-4-8-20/h2-18H,1H3/b17-16+,18-13+. The predicted molar refractivity (Wildman–Crippen MR) is 112 cm³/mol. The molecule has 3 nitrogen and oxygen atoms in total. The molecule has 0 aliphatic carbocycles. The van der Waals surface area contributed by atoms with E-state index in [9.17, 15) is 9.59 Å². The lowest BCUT2D eigenvalue weighted by molar-refractivity contribution is -0.128. The molecule has 0 N–H and O–H groups in total. The summed E-state index contributed by atoms with van der Waals surface area (Å²) in [4.78, 5) is 24.4. The molecule has 0 aromatic heterocycles. The molecule has 0 spiro atoms. The Labute approximate surface area is 164 Å². The van der Waals surface area contributed by atoms with Crippen LogP contribution in [0.25, 0.3) is 12.2 Å². The molecule has 0 bridgehead atoms. The van der Waals surface area contributed by atoms with Crippen LogP contribution in [0.4, 0.5) is 0 Å². The summed E-state index contributed by atoms with van der Waals surface area (Å²) in [5.41, 5.74) is 3.28. The zero-order chi connectivity index (χ0) is 19.8. The molecule has 3 aromatic carbocycles. The highest BCUT2D eigenvalue weighted by Gasteiger charge is 2.06. The number of ketones is 1. The minimum Gasteiger partial charge on any atom is -0.423 e. The van der Waals surface area contributed by atoms with Crippen LogP contribution in [-0.2, 0) is 4.79 Å². The Morgan fingerprint density at radius 3 is 2.18 bits per heavy atom. The number of para-hydroxylation sites is 1. The number of benzene rings is 3. The monoisotopic (exact) mass is 368 g/mol. The van der Waals surface area contributed by atoms with Crippen LogP contribution in [-0.4, -0.2) is 11.8 Å². The van der Waals surface area contributed by atoms with Gasteiger partial charge in [0.15, 0.2) is 5.78 Å². The van der Waals surface area contributed by atoms with Crippen molar-refractivity contribution in [2.24, 2.45) is 0 Å². The Bertz CT molecular complexity index is 1010. The van der Waals surface area contributed by atoms with E-state index in [-0.39, 0.29) is 5.78 Å². The summed E-state index contributed by atoms with van der Waals surface area (Å²) in [7, 11) is 0. The summed E-state index contributed by atoms with van der Waals surface area (Å²) < 4.78 is 5.43. The second kappa shape index (κ2) is 9.28. The van der Waals surface area contributed by atoms with Gasteiger partial charge in [-0.05, 0) is 36.8 Å². The molecule has 0 fully saturated rings. The molecule has 138 valence electrons. The van der Waals surface area contributed by atoms with Gasteiger partial charge in [0.25, 0.3) is 0 Å². The Kier molecular flexibility index (Phi) is 6.32. The number of aryl methyl sites for hydroxylation is 1. The van der Waals surface area contributed by atoms with Crippen molar-refractivity contribution in [3.8, 4) is 5.75 Å². The molecule has 0 heterocycles. The molecule has 0 unspecified atom stereocenters. The first kappa shape index (κ1) is 19.1. The van der Waals surface area contributed by atoms with E-state index in [1.165, 1.54) is 12.2 Å². The quantitative estimate of drug-likeness (QED) is 0.249. The summed E-state index contributed by atoms with van der Waals surface area (Å²) in [6.45, 7) is 1.97. The van der Waals surface area contributed by atoms with Crippen LogP contribution < -0.4 is 4.74 Å². The molecule has 0 saturated carbocycles. The molecule has 3 aromatic rings. The Morgan fingerprint density at radius 2 is 1.43 bits per heavy atom. The van der Waals surface area contributed by atoms with E-state index in [2.05, 4.69) is 0 Å². The molecule has 3 rings (SSSR count). The summed E-state index contributed by atoms with van der Waals surface area (Å²) >= 11 is 0. The van der Waals surface area contributed by atoms with E-state index in [0.29, 0.717) is 16.9 Å². The average Bonchev–Trinajstić information content (AvgIpc) is 2.73. The molecule has 0 amide bonds. The molecular weight excluding hydrogens is 348 g/mol. The number of hydrogen-bond donors (Lipinski definition) is 0. The first-order valence-corrected chi connectivity index (χ1v) is 8.95. The maximum absolute atomic E-state index is 12.3. The van der Waals surface area contributed by atoms with Gasteiger partial charge in [0, 0.05) is 17.2 Å². The Morgan fingerprint density at radius 1 is 0.750 bits per heavy atom. The van der Waals surface area contributed by atoms with Gasteiger partial charge in [-0.15, -0.1) is 0 Å². The van der Waals surface area contributed by atoms with E-state index in [1.807, 2.05) is 55.5 Å². The van der Waals surface area contributed by atoms with Crippen LogP contribution in [0.15, 0.2) is 91.0 Å². The SMILES string of the molecule is Cc1ccc(C(=O)/C=C/c2ccccc2OC(=O)/C=C/c2ccccc2)cc1. The van der Waals surface area contributed by atoms with Gasteiger partial charge in [-0.25, -0.2) is 4.79 Å². The van der Waals surface area contributed by atoms with Gasteiger partial charge in [0.1, 0.15) is 5.75 Å². The number of allylic oxidation sites excluding steroid dienone is 1. The van der Waals surface area contributed by atoms with Crippen LogP contribution in [0.1, 0.15) is 27.0 Å². The number of esters is 1. The summed E-state index contributed by atoms with van der Waals surface area (Å²) in [5, 5.41) is 0. The first-order valence-electron chi connectivity index (χ1n) is 8.95. The van der Waals surface area contributed by atoms with Crippen LogP contribution in [0.2, 0.25) is 0 Å². The average molecular weight is 368 g/mol. The minimum absolute atomic E-state index is 0.106. The highest BCUT2D eigenvalue weighted by molar-refractivity contribution is 6.07. The third-order valence-electron chi connectivity index (χ3n) is 4.09. The molecule has 0 atom stereocenters. The van der Waals surface area contributed by atoms with Crippen LogP contribution in [0.5, 0.6) is 5.75 Å². The van der Waals surface area contributed by atoms with Gasteiger partial charge >= 0.3 is 5.97 Å². The Hall–Kier alpha value is -3.72. The normalized spacial score (nSPS) is 11.0. The molecule has 0 saturated heterocycles. The van der Waals surface area contributed by atoms with E-state index in [0.717, 1.165) is 11.1 Å². The van der Waals surface area contributed by atoms with Gasteiger partial charge in [0.05, 0.1) is 0 Å². The minimum atomic E-state index is -0.477. The largest absolute Gasteiger partial charge is 0.423 e. The topological polar surface area (TPSA) is 43.4 Å². The van der Waals surface area contributed by atoms with Crippen LogP contribution in [0, 0.1) is 6.92 Å². The van der Waals surface area contributed by atoms with E-state index in [1.54, 1.807) is 42.5 Å². The molecule has 3 heteroatoms. The third-order valence-corrected chi connectivity index (χ3v) is 4.09. The summed E-state index contributed by atoms with van der Waals surface area (Å²) in [6, 6.07) is 24.0. The second-order valence-electron chi connectivity index (χ2n) is 6.27. The lowest BCUT2D eigenvalue weighted by atomic mass is 10.1. The van der Waals surface area contributed by atoms with Crippen molar-refractivity contribution in [1.82, 2.24) is 0 Å². The Balaban J connectivity index is 1.70. The zero-order valence-corrected chi connectivity index (χ0v) is 15.5. The van der Waals surface area contributed by atoms with Crippen molar-refractivity contribution in [3.05, 3.63) is 113 Å². The molecule has 0 aliphatic heterocycles. The molecule has 0 aliphatic rings. The smallest absolute Gasteiger partial charge is 0.336 e. The maximum atomic E-state index is 12.3. The van der Waals surface area contributed by atoms with Crippen LogP contribution >= 0.6 is 0 Å². The highest BCUT2D eigenvalue weighted by atomic mass is 16.5. The van der Waals surface area contributed by atoms with E-state index < -0.39 is 5.97 Å². The number of carbonyl (C=O) groups is 2. The fourth-order valence-electron chi connectivity index (χ4n) is 2.56. The van der Waals surface area contributed by atoms with Crippen molar-refractivity contribution in [3.63, 3.8) is 0 Å². The van der Waals surface area contributed by atoms with Crippen molar-refractivity contribution >= 4 is 23.9 Å². The summed E-state index contributed by atoms with van der Waals surface area (Å²) in [6.07, 6.45) is 6.22. The zero-order valence-electron chi connectivity index (χ0n) is 15.5. The predicted octanol–water partition coefficient (Wildman–Crippen LogP) is 5.51. The fraction of sp³-hybridized carbons (Fsp3) is 0.0400. The highest BCUT2D eigenvalue weighted by Crippen LogP contribution is 2.20. The summed E-state index contributed by atoms with van der Waals surface area (Å²) in [5.74, 6) is -0.183. The van der Waals surface area contributed by atoms with E-state index >= 15 is 0 Å². The number of ether oxygens (including phenoxy) is 1. The first-order chi connectivity index (χ1) is 13.6. The van der Waals surface area contributed by atoms with Crippen LogP contribution in [0.3, 0.4) is 0 Å². The van der Waals surface area contributed by atoms with Gasteiger partial charge in [-0.2, -0.15) is 0 Å². The van der Waals surface area contributed by atoms with Gasteiger partial charge in [-0.3, -0.25) is 4.79 Å². The van der Waals surface area contributed by atoms with Crippen molar-refractivity contribution in [1.29, 1.82) is 0 Å². The molecular formula is C25H20O3. The lowest BCUT2D eigenvalue weighted by Crippen LogP contribution is -2.04. The van der Waals surface area contributed by atoms with Gasteiger partial charge < -0.3 is 4.74 Å². The second-order valence-corrected chi connectivity index (χ2v) is 6.27. The molecule has 0 radical (unpaired) electrons.